The lowest BCUT2D eigenvalue weighted by atomic mass is 9.88. The number of nitrogens with one attached hydrogen (secondary N) is 1. The van der Waals surface area contributed by atoms with Crippen molar-refractivity contribution in [1.82, 2.24) is 0 Å². The molecule has 2 aromatic rings. The van der Waals surface area contributed by atoms with E-state index in [1.807, 2.05) is 0 Å². The summed E-state index contributed by atoms with van der Waals surface area (Å²) >= 11 is 13.4. The summed E-state index contributed by atoms with van der Waals surface area (Å²) in [5.74, 6) is 0.594. The summed E-state index contributed by atoms with van der Waals surface area (Å²) in [6, 6.07) is 5.01. The molecule has 0 bridgehead atoms. The first-order valence-electron chi connectivity index (χ1n) is 10.1. The molecule has 8 heteroatoms. The Morgan fingerprint density at radius 2 is 2.10 bits per heavy atom. The lowest BCUT2D eigenvalue weighted by Crippen LogP contribution is -2.17. The Kier molecular flexibility index (Phi) is 8.03. The van der Waals surface area contributed by atoms with Crippen LogP contribution in [-0.2, 0) is 22.4 Å². The topological polar surface area (TPSA) is 64.6 Å². The van der Waals surface area contributed by atoms with Crippen molar-refractivity contribution in [2.45, 2.75) is 46.0 Å². The van der Waals surface area contributed by atoms with Crippen molar-refractivity contribution in [1.29, 1.82) is 0 Å². The van der Waals surface area contributed by atoms with Crippen LogP contribution < -0.4 is 10.1 Å². The Morgan fingerprint density at radius 3 is 2.83 bits per heavy atom. The minimum absolute atomic E-state index is 0.155. The molecule has 162 valence electrons. The van der Waals surface area contributed by atoms with Crippen molar-refractivity contribution in [3.8, 4) is 5.75 Å². The predicted molar refractivity (Wildman–Crippen MR) is 121 cm³/mol. The largest absolute Gasteiger partial charge is 0.492 e. The van der Waals surface area contributed by atoms with E-state index in [-0.39, 0.29) is 18.3 Å². The van der Waals surface area contributed by atoms with Gasteiger partial charge in [0.2, 0.25) is 5.91 Å². The molecule has 3 rings (SSSR count). The summed E-state index contributed by atoms with van der Waals surface area (Å²) in [4.78, 5) is 26.2. The van der Waals surface area contributed by atoms with Gasteiger partial charge in [-0.3, -0.25) is 4.79 Å². The summed E-state index contributed by atoms with van der Waals surface area (Å²) < 4.78 is 10.9. The zero-order valence-electron chi connectivity index (χ0n) is 17.1. The zero-order valence-corrected chi connectivity index (χ0v) is 19.4. The molecule has 1 aliphatic rings. The second kappa shape index (κ2) is 10.5. The highest BCUT2D eigenvalue weighted by Crippen LogP contribution is 2.40. The molecule has 0 saturated heterocycles. The number of rotatable bonds is 8. The molecule has 1 heterocycles. The molecular weight excluding hydrogens is 445 g/mol. The van der Waals surface area contributed by atoms with Crippen LogP contribution in [0.1, 0.15) is 53.9 Å². The average molecular weight is 470 g/mol. The fraction of sp³-hybridized carbons (Fsp3) is 0.455. The first-order chi connectivity index (χ1) is 14.4. The number of halogens is 2. The lowest BCUT2D eigenvalue weighted by molar-refractivity contribution is -0.116. The van der Waals surface area contributed by atoms with Gasteiger partial charge in [0.15, 0.2) is 0 Å². The molecule has 30 heavy (non-hydrogen) atoms. The van der Waals surface area contributed by atoms with Crippen LogP contribution in [0.25, 0.3) is 0 Å². The van der Waals surface area contributed by atoms with Gasteiger partial charge in [0.05, 0.1) is 23.8 Å². The van der Waals surface area contributed by atoms with E-state index in [0.717, 1.165) is 24.8 Å². The Hall–Kier alpha value is -1.76. The molecule has 1 aromatic heterocycles. The summed E-state index contributed by atoms with van der Waals surface area (Å²) in [6.07, 6.45) is 3.59. The number of anilines is 1. The van der Waals surface area contributed by atoms with Crippen LogP contribution in [0, 0.1) is 5.92 Å². The number of amides is 1. The van der Waals surface area contributed by atoms with E-state index in [2.05, 4.69) is 12.2 Å². The molecule has 1 N–H and O–H groups in total. The first kappa shape index (κ1) is 22.9. The number of hydrogen-bond donors (Lipinski definition) is 1. The second-order valence-corrected chi connectivity index (χ2v) is 9.30. The van der Waals surface area contributed by atoms with E-state index in [0.29, 0.717) is 51.9 Å². The third kappa shape index (κ3) is 5.68. The third-order valence-corrected chi connectivity index (χ3v) is 6.64. The summed E-state index contributed by atoms with van der Waals surface area (Å²) in [5, 5.41) is 4.49. The Labute approximate surface area is 190 Å². The number of thiophene rings is 1. The summed E-state index contributed by atoms with van der Waals surface area (Å²) in [7, 11) is 0. The minimum Gasteiger partial charge on any atom is -0.492 e. The van der Waals surface area contributed by atoms with E-state index in [9.17, 15) is 9.59 Å². The van der Waals surface area contributed by atoms with Crippen molar-refractivity contribution in [2.24, 2.45) is 5.92 Å². The van der Waals surface area contributed by atoms with Gasteiger partial charge in [-0.1, -0.05) is 30.1 Å². The van der Waals surface area contributed by atoms with Gasteiger partial charge in [-0.15, -0.1) is 11.3 Å². The van der Waals surface area contributed by atoms with Crippen molar-refractivity contribution in [2.75, 3.05) is 18.5 Å². The third-order valence-electron chi connectivity index (χ3n) is 4.94. The molecular formula is C22H25Cl2NO4S. The molecule has 5 nitrogen and oxygen atoms in total. The van der Waals surface area contributed by atoms with E-state index in [4.69, 9.17) is 32.7 Å². The van der Waals surface area contributed by atoms with Gasteiger partial charge in [-0.05, 0) is 62.3 Å². The molecule has 0 fully saturated rings. The minimum atomic E-state index is -0.361. The standard InChI is InChI=1S/C22H25Cl2NO4S/c1-3-28-22(27)20-15-8-6-13(2)11-18(15)30-21(20)25-19(26)5-4-10-29-17-9-7-14(23)12-16(17)24/h7,9,12-13H,3-6,8,10-11H2,1-2H3,(H,25,26)/t13-/m1/s1. The van der Waals surface area contributed by atoms with Crippen molar-refractivity contribution >= 4 is 51.4 Å². The maximum Gasteiger partial charge on any atom is 0.341 e. The molecule has 0 spiro atoms. The molecule has 1 atom stereocenters. The summed E-state index contributed by atoms with van der Waals surface area (Å²) in [5.41, 5.74) is 1.56. The Morgan fingerprint density at radius 1 is 1.30 bits per heavy atom. The van der Waals surface area contributed by atoms with Crippen LogP contribution in [0.2, 0.25) is 10.0 Å². The van der Waals surface area contributed by atoms with Crippen LogP contribution >= 0.6 is 34.5 Å². The smallest absolute Gasteiger partial charge is 0.341 e. The predicted octanol–water partition coefficient (Wildman–Crippen LogP) is 6.15. The second-order valence-electron chi connectivity index (χ2n) is 7.35. The highest BCUT2D eigenvalue weighted by Gasteiger charge is 2.29. The lowest BCUT2D eigenvalue weighted by Gasteiger charge is -2.18. The van der Waals surface area contributed by atoms with Crippen LogP contribution in [0.3, 0.4) is 0 Å². The molecule has 0 aliphatic heterocycles. The first-order valence-corrected chi connectivity index (χ1v) is 11.7. The molecule has 1 amide bonds. The fourth-order valence-electron chi connectivity index (χ4n) is 3.45. The number of esters is 1. The van der Waals surface area contributed by atoms with Gasteiger partial charge < -0.3 is 14.8 Å². The SMILES string of the molecule is CCOC(=O)c1c(NC(=O)CCCOc2ccc(Cl)cc2Cl)sc2c1CC[C@@H](C)C2. The maximum atomic E-state index is 12.5. The van der Waals surface area contributed by atoms with Crippen LogP contribution in [0.4, 0.5) is 5.00 Å². The molecule has 0 saturated carbocycles. The van der Waals surface area contributed by atoms with Gasteiger partial charge in [-0.25, -0.2) is 4.79 Å². The number of hydrogen-bond acceptors (Lipinski definition) is 5. The normalized spacial score (nSPS) is 15.4. The van der Waals surface area contributed by atoms with E-state index < -0.39 is 0 Å². The quantitative estimate of drug-likeness (QED) is 0.371. The van der Waals surface area contributed by atoms with E-state index in [1.165, 1.54) is 16.2 Å². The highest BCUT2D eigenvalue weighted by molar-refractivity contribution is 7.17. The van der Waals surface area contributed by atoms with Gasteiger partial charge in [0, 0.05) is 16.3 Å². The van der Waals surface area contributed by atoms with Crippen LogP contribution in [0.5, 0.6) is 5.75 Å². The maximum absolute atomic E-state index is 12.5. The van der Waals surface area contributed by atoms with Crippen molar-refractivity contribution in [3.63, 3.8) is 0 Å². The summed E-state index contributed by atoms with van der Waals surface area (Å²) in [6.45, 7) is 4.64. The number of carbonyl (C=O) groups is 2. The zero-order chi connectivity index (χ0) is 21.7. The number of fused-ring (bicyclic) bond motifs is 1. The number of benzene rings is 1. The van der Waals surface area contributed by atoms with Gasteiger partial charge in [-0.2, -0.15) is 0 Å². The Bertz CT molecular complexity index is 928. The van der Waals surface area contributed by atoms with Crippen LogP contribution in [-0.4, -0.2) is 25.1 Å². The Balaban J connectivity index is 1.59. The average Bonchev–Trinajstić information content (AvgIpc) is 3.03. The van der Waals surface area contributed by atoms with Crippen LogP contribution in [0.15, 0.2) is 18.2 Å². The van der Waals surface area contributed by atoms with Gasteiger partial charge >= 0.3 is 5.97 Å². The monoisotopic (exact) mass is 469 g/mol. The number of ether oxygens (including phenoxy) is 2. The molecule has 0 radical (unpaired) electrons. The van der Waals surface area contributed by atoms with E-state index >= 15 is 0 Å². The van der Waals surface area contributed by atoms with Crippen molar-refractivity contribution < 1.29 is 19.1 Å². The molecule has 1 aromatic carbocycles. The number of carbonyl (C=O) groups excluding carboxylic acids is 2. The van der Waals surface area contributed by atoms with Crippen molar-refractivity contribution in [3.05, 3.63) is 44.2 Å². The molecule has 1 aliphatic carbocycles. The van der Waals surface area contributed by atoms with Gasteiger partial charge in [0.1, 0.15) is 10.8 Å². The fourth-order valence-corrected chi connectivity index (χ4v) is 5.33. The molecule has 0 unspecified atom stereocenters. The highest BCUT2D eigenvalue weighted by atomic mass is 35.5. The van der Waals surface area contributed by atoms with E-state index in [1.54, 1.807) is 25.1 Å². The van der Waals surface area contributed by atoms with Gasteiger partial charge in [0.25, 0.3) is 0 Å².